The summed E-state index contributed by atoms with van der Waals surface area (Å²) in [5.74, 6) is -0.611. The number of hydrogen-bond donors (Lipinski definition) is 2. The summed E-state index contributed by atoms with van der Waals surface area (Å²) in [4.78, 5) is 0.384. The van der Waals surface area contributed by atoms with Gasteiger partial charge in [0.25, 0.3) is 0 Å². The second-order valence-corrected chi connectivity index (χ2v) is 3.58. The molecular formula is C7H7BClFO2S. The lowest BCUT2D eigenvalue weighted by Gasteiger charge is -2.06. The van der Waals surface area contributed by atoms with E-state index in [1.807, 2.05) is 0 Å². The minimum absolute atomic E-state index is 0.0167. The van der Waals surface area contributed by atoms with Crippen molar-refractivity contribution >= 4 is 35.9 Å². The molecule has 0 saturated heterocycles. The van der Waals surface area contributed by atoms with Crippen LogP contribution in [-0.4, -0.2) is 23.4 Å². The molecule has 1 aromatic carbocycles. The molecule has 0 aromatic heterocycles. The summed E-state index contributed by atoms with van der Waals surface area (Å²) in [5, 5.41) is 17.3. The highest BCUT2D eigenvalue weighted by molar-refractivity contribution is 7.98. The molecule has 0 amide bonds. The van der Waals surface area contributed by atoms with Crippen LogP contribution >= 0.6 is 23.4 Å². The quantitative estimate of drug-likeness (QED) is 0.574. The van der Waals surface area contributed by atoms with Crippen LogP contribution in [0.15, 0.2) is 17.0 Å². The molecule has 1 rings (SSSR count). The molecular weight excluding hydrogens is 213 g/mol. The second-order valence-electron chi connectivity index (χ2n) is 2.36. The Morgan fingerprint density at radius 1 is 1.46 bits per heavy atom. The first-order chi connectivity index (χ1) is 6.07. The van der Waals surface area contributed by atoms with Crippen molar-refractivity contribution in [1.29, 1.82) is 0 Å². The molecule has 0 aliphatic carbocycles. The van der Waals surface area contributed by atoms with E-state index in [9.17, 15) is 4.39 Å². The maximum Gasteiger partial charge on any atom is 0.490 e. The normalized spacial score (nSPS) is 10.2. The van der Waals surface area contributed by atoms with Crippen molar-refractivity contribution in [1.82, 2.24) is 0 Å². The van der Waals surface area contributed by atoms with Crippen molar-refractivity contribution in [3.05, 3.63) is 23.0 Å². The molecule has 0 heterocycles. The molecule has 13 heavy (non-hydrogen) atoms. The molecule has 0 radical (unpaired) electrons. The summed E-state index contributed by atoms with van der Waals surface area (Å²) >= 11 is 6.77. The Kier molecular flexibility index (Phi) is 3.61. The summed E-state index contributed by atoms with van der Waals surface area (Å²) in [7, 11) is -1.74. The largest absolute Gasteiger partial charge is 0.490 e. The molecule has 0 unspecified atom stereocenters. The third kappa shape index (κ3) is 2.17. The van der Waals surface area contributed by atoms with Crippen molar-refractivity contribution in [3.8, 4) is 0 Å². The van der Waals surface area contributed by atoms with E-state index in [2.05, 4.69) is 0 Å². The van der Waals surface area contributed by atoms with E-state index in [-0.39, 0.29) is 10.5 Å². The van der Waals surface area contributed by atoms with E-state index in [1.54, 1.807) is 6.26 Å². The van der Waals surface area contributed by atoms with Crippen molar-refractivity contribution in [2.45, 2.75) is 4.90 Å². The fourth-order valence-electron chi connectivity index (χ4n) is 0.904. The molecule has 1 aromatic rings. The highest BCUT2D eigenvalue weighted by atomic mass is 35.5. The number of hydrogen-bond acceptors (Lipinski definition) is 3. The van der Waals surface area contributed by atoms with Crippen molar-refractivity contribution in [2.75, 3.05) is 6.26 Å². The number of thioether (sulfide) groups is 1. The van der Waals surface area contributed by atoms with Gasteiger partial charge in [0, 0.05) is 10.4 Å². The predicted molar refractivity (Wildman–Crippen MR) is 53.0 cm³/mol. The van der Waals surface area contributed by atoms with Gasteiger partial charge >= 0.3 is 7.12 Å². The smallest absolute Gasteiger partial charge is 0.423 e. The van der Waals surface area contributed by atoms with Crippen LogP contribution in [0.2, 0.25) is 5.02 Å². The molecule has 0 spiro atoms. The minimum Gasteiger partial charge on any atom is -0.423 e. The first-order valence-corrected chi connectivity index (χ1v) is 5.06. The lowest BCUT2D eigenvalue weighted by Crippen LogP contribution is -2.31. The summed E-state index contributed by atoms with van der Waals surface area (Å²) in [6.45, 7) is 0. The lowest BCUT2D eigenvalue weighted by atomic mass is 9.80. The number of rotatable bonds is 2. The zero-order valence-corrected chi connectivity index (χ0v) is 8.36. The molecule has 2 N–H and O–H groups in total. The lowest BCUT2D eigenvalue weighted by molar-refractivity contribution is 0.425. The standard InChI is InChI=1S/C7H7BClFO2S/c1-13-5-3-2-4(8(11)12)6(9)7(5)10/h2-3,11-12H,1H3. The number of benzene rings is 1. The Morgan fingerprint density at radius 2 is 2.08 bits per heavy atom. The molecule has 0 fully saturated rings. The Balaban J connectivity index is 3.23. The molecule has 0 bridgehead atoms. The fraction of sp³-hybridized carbons (Fsp3) is 0.143. The SMILES string of the molecule is CSc1ccc(B(O)O)c(Cl)c1F. The Morgan fingerprint density at radius 3 is 2.54 bits per heavy atom. The third-order valence-electron chi connectivity index (χ3n) is 1.57. The van der Waals surface area contributed by atoms with Gasteiger partial charge in [-0.25, -0.2) is 4.39 Å². The predicted octanol–water partition coefficient (Wildman–Crippen LogP) is 0.881. The van der Waals surface area contributed by atoms with Crippen LogP contribution in [0.3, 0.4) is 0 Å². The van der Waals surface area contributed by atoms with Crippen molar-refractivity contribution < 1.29 is 14.4 Å². The summed E-state index contributed by atoms with van der Waals surface area (Å²) in [6, 6.07) is 2.85. The van der Waals surface area contributed by atoms with Gasteiger partial charge in [0.15, 0.2) is 5.82 Å². The van der Waals surface area contributed by atoms with Crippen LogP contribution in [0.25, 0.3) is 0 Å². The van der Waals surface area contributed by atoms with Gasteiger partial charge in [-0.3, -0.25) is 0 Å². The molecule has 70 valence electrons. The maximum atomic E-state index is 13.2. The Hall–Kier alpha value is -0.225. The average molecular weight is 220 g/mol. The van der Waals surface area contributed by atoms with Gasteiger partial charge < -0.3 is 10.0 Å². The van der Waals surface area contributed by atoms with Crippen LogP contribution in [0.5, 0.6) is 0 Å². The molecule has 0 atom stereocenters. The molecule has 0 aliphatic rings. The molecule has 2 nitrogen and oxygen atoms in total. The van der Waals surface area contributed by atoms with Gasteiger partial charge in [-0.1, -0.05) is 17.7 Å². The minimum atomic E-state index is -1.74. The van der Waals surface area contributed by atoms with Gasteiger partial charge in [0.1, 0.15) is 0 Å². The third-order valence-corrected chi connectivity index (χ3v) is 2.71. The van der Waals surface area contributed by atoms with E-state index in [4.69, 9.17) is 21.6 Å². The number of halogens is 2. The van der Waals surface area contributed by atoms with Gasteiger partial charge in [-0.15, -0.1) is 11.8 Å². The van der Waals surface area contributed by atoms with Gasteiger partial charge in [0.05, 0.1) is 5.02 Å². The fourth-order valence-corrected chi connectivity index (χ4v) is 1.71. The first kappa shape index (κ1) is 10.9. The van der Waals surface area contributed by atoms with Crippen LogP contribution in [0.4, 0.5) is 4.39 Å². The van der Waals surface area contributed by atoms with E-state index in [0.717, 1.165) is 0 Å². The molecule has 0 saturated carbocycles. The Bertz CT molecular complexity index is 322. The van der Waals surface area contributed by atoms with Gasteiger partial charge in [-0.2, -0.15) is 0 Å². The van der Waals surface area contributed by atoms with Crippen LogP contribution < -0.4 is 5.46 Å². The van der Waals surface area contributed by atoms with E-state index < -0.39 is 12.9 Å². The Labute approximate surface area is 84.9 Å². The second kappa shape index (κ2) is 4.33. The van der Waals surface area contributed by atoms with Crippen LogP contribution in [0.1, 0.15) is 0 Å². The average Bonchev–Trinajstić information content (AvgIpc) is 2.09. The zero-order valence-electron chi connectivity index (χ0n) is 6.79. The summed E-state index contributed by atoms with van der Waals surface area (Å²) in [5.41, 5.74) is -0.0167. The van der Waals surface area contributed by atoms with Crippen molar-refractivity contribution in [2.24, 2.45) is 0 Å². The summed E-state index contributed by atoms with van der Waals surface area (Å²) in [6.07, 6.45) is 1.71. The van der Waals surface area contributed by atoms with E-state index in [1.165, 1.54) is 23.9 Å². The molecule has 0 aliphatic heterocycles. The maximum absolute atomic E-state index is 13.2. The van der Waals surface area contributed by atoms with Gasteiger partial charge in [0.2, 0.25) is 0 Å². The topological polar surface area (TPSA) is 40.5 Å². The highest BCUT2D eigenvalue weighted by Crippen LogP contribution is 2.23. The first-order valence-electron chi connectivity index (χ1n) is 3.46. The summed E-state index contributed by atoms with van der Waals surface area (Å²) < 4.78 is 13.2. The van der Waals surface area contributed by atoms with Crippen LogP contribution in [0, 0.1) is 5.82 Å². The molecule has 6 heteroatoms. The van der Waals surface area contributed by atoms with Crippen molar-refractivity contribution in [3.63, 3.8) is 0 Å². The monoisotopic (exact) mass is 220 g/mol. The zero-order chi connectivity index (χ0) is 10.0. The van der Waals surface area contributed by atoms with E-state index in [0.29, 0.717) is 4.90 Å². The highest BCUT2D eigenvalue weighted by Gasteiger charge is 2.19. The van der Waals surface area contributed by atoms with Crippen LogP contribution in [-0.2, 0) is 0 Å². The van der Waals surface area contributed by atoms with E-state index >= 15 is 0 Å². The van der Waals surface area contributed by atoms with Gasteiger partial charge in [-0.05, 0) is 12.3 Å².